The lowest BCUT2D eigenvalue weighted by Crippen LogP contribution is -2.33. The number of urea groups is 1. The number of ether oxygens (including phenoxy) is 1. The first-order valence-electron chi connectivity index (χ1n) is 6.97. The highest BCUT2D eigenvalue weighted by Gasteiger charge is 2.27. The standard InChI is InChI=1S/C15H20N2O4/c1-9(10-3-4-10)8-16-15(20)17-12-7-11(14(18)19)5-6-13(12)21-2/h5-7,9-10H,3-4,8H2,1-2H3,(H,18,19)(H2,16,17,20). The van der Waals surface area contributed by atoms with Gasteiger partial charge in [-0.1, -0.05) is 6.92 Å². The van der Waals surface area contributed by atoms with Crippen molar-refractivity contribution in [3.05, 3.63) is 23.8 Å². The summed E-state index contributed by atoms with van der Waals surface area (Å²) in [6.07, 6.45) is 2.47. The Morgan fingerprint density at radius 1 is 1.43 bits per heavy atom. The van der Waals surface area contributed by atoms with Crippen LogP contribution < -0.4 is 15.4 Å². The number of methoxy groups -OCH3 is 1. The fourth-order valence-electron chi connectivity index (χ4n) is 2.19. The van der Waals surface area contributed by atoms with Gasteiger partial charge < -0.3 is 20.5 Å². The SMILES string of the molecule is COc1ccc(C(=O)O)cc1NC(=O)NCC(C)C1CC1. The zero-order valence-corrected chi connectivity index (χ0v) is 12.2. The van der Waals surface area contributed by atoms with Crippen molar-refractivity contribution < 1.29 is 19.4 Å². The van der Waals surface area contributed by atoms with Gasteiger partial charge in [0, 0.05) is 6.54 Å². The number of rotatable bonds is 6. The molecular weight excluding hydrogens is 272 g/mol. The molecule has 6 heteroatoms. The lowest BCUT2D eigenvalue weighted by molar-refractivity contribution is 0.0697. The molecule has 0 radical (unpaired) electrons. The quantitative estimate of drug-likeness (QED) is 0.752. The topological polar surface area (TPSA) is 87.7 Å². The van der Waals surface area contributed by atoms with E-state index in [1.807, 2.05) is 0 Å². The number of hydrogen-bond donors (Lipinski definition) is 3. The van der Waals surface area contributed by atoms with Crippen molar-refractivity contribution in [3.63, 3.8) is 0 Å². The Morgan fingerprint density at radius 2 is 2.14 bits per heavy atom. The molecule has 1 saturated carbocycles. The summed E-state index contributed by atoms with van der Waals surface area (Å²) in [4.78, 5) is 22.9. The van der Waals surface area contributed by atoms with Crippen LogP contribution in [0.5, 0.6) is 5.75 Å². The Labute approximate surface area is 123 Å². The molecule has 1 aliphatic carbocycles. The van der Waals surface area contributed by atoms with E-state index in [1.54, 1.807) is 0 Å². The van der Waals surface area contributed by atoms with Crippen LogP contribution >= 0.6 is 0 Å². The average molecular weight is 292 g/mol. The molecule has 1 unspecified atom stereocenters. The number of benzene rings is 1. The molecule has 2 amide bonds. The minimum atomic E-state index is -1.05. The van der Waals surface area contributed by atoms with Gasteiger partial charge in [0.2, 0.25) is 0 Å². The highest BCUT2D eigenvalue weighted by atomic mass is 16.5. The van der Waals surface area contributed by atoms with Gasteiger partial charge in [0.1, 0.15) is 5.75 Å². The molecule has 0 bridgehead atoms. The number of anilines is 1. The lowest BCUT2D eigenvalue weighted by Gasteiger charge is -2.14. The van der Waals surface area contributed by atoms with E-state index in [4.69, 9.17) is 9.84 Å². The van der Waals surface area contributed by atoms with Crippen LogP contribution in [0.1, 0.15) is 30.1 Å². The second-order valence-electron chi connectivity index (χ2n) is 5.37. The van der Waals surface area contributed by atoms with E-state index in [1.165, 1.54) is 38.2 Å². The largest absolute Gasteiger partial charge is 0.495 e. The molecule has 1 aliphatic rings. The van der Waals surface area contributed by atoms with Crippen molar-refractivity contribution in [1.82, 2.24) is 5.32 Å². The molecule has 6 nitrogen and oxygen atoms in total. The number of carboxylic acids is 1. The molecule has 0 aliphatic heterocycles. The van der Waals surface area contributed by atoms with E-state index in [-0.39, 0.29) is 11.6 Å². The second-order valence-corrected chi connectivity index (χ2v) is 5.37. The van der Waals surface area contributed by atoms with Crippen LogP contribution in [0.15, 0.2) is 18.2 Å². The molecular formula is C15H20N2O4. The normalized spacial score (nSPS) is 15.1. The second kappa shape index (κ2) is 6.47. The summed E-state index contributed by atoms with van der Waals surface area (Å²) in [5, 5.41) is 14.4. The number of aromatic carboxylic acids is 1. The number of carboxylic acid groups (broad SMARTS) is 1. The fourth-order valence-corrected chi connectivity index (χ4v) is 2.19. The molecule has 1 atom stereocenters. The van der Waals surface area contributed by atoms with Crippen LogP contribution in [0, 0.1) is 11.8 Å². The maximum absolute atomic E-state index is 11.9. The summed E-state index contributed by atoms with van der Waals surface area (Å²) in [5.41, 5.74) is 0.437. The zero-order valence-electron chi connectivity index (χ0n) is 12.2. The summed E-state index contributed by atoms with van der Waals surface area (Å²) in [6, 6.07) is 3.97. The first-order valence-corrected chi connectivity index (χ1v) is 6.97. The van der Waals surface area contributed by atoms with E-state index in [0.29, 0.717) is 23.9 Å². The maximum atomic E-state index is 11.9. The van der Waals surface area contributed by atoms with Gasteiger partial charge in [0.15, 0.2) is 0 Å². The Hall–Kier alpha value is -2.24. The van der Waals surface area contributed by atoms with Crippen LogP contribution in [0.4, 0.5) is 10.5 Å². The third-order valence-electron chi connectivity index (χ3n) is 3.71. The summed E-state index contributed by atoms with van der Waals surface area (Å²) in [7, 11) is 1.47. The number of carbonyl (C=O) groups excluding carboxylic acids is 1. The molecule has 1 aromatic rings. The van der Waals surface area contributed by atoms with Crippen molar-refractivity contribution in [2.45, 2.75) is 19.8 Å². The third-order valence-corrected chi connectivity index (χ3v) is 3.71. The van der Waals surface area contributed by atoms with E-state index in [9.17, 15) is 9.59 Å². The van der Waals surface area contributed by atoms with Gasteiger partial charge in [-0.25, -0.2) is 9.59 Å². The molecule has 21 heavy (non-hydrogen) atoms. The van der Waals surface area contributed by atoms with Crippen LogP contribution in [0.3, 0.4) is 0 Å². The molecule has 114 valence electrons. The van der Waals surface area contributed by atoms with Crippen molar-refractivity contribution in [2.24, 2.45) is 11.8 Å². The van der Waals surface area contributed by atoms with Gasteiger partial charge in [-0.3, -0.25) is 0 Å². The summed E-state index contributed by atoms with van der Waals surface area (Å²) in [5.74, 6) is 0.548. The van der Waals surface area contributed by atoms with Crippen molar-refractivity contribution in [1.29, 1.82) is 0 Å². The van der Waals surface area contributed by atoms with Gasteiger partial charge in [-0.15, -0.1) is 0 Å². The Morgan fingerprint density at radius 3 is 2.71 bits per heavy atom. The molecule has 0 saturated heterocycles. The Balaban J connectivity index is 1.97. The summed E-state index contributed by atoms with van der Waals surface area (Å²) < 4.78 is 5.12. The molecule has 0 spiro atoms. The first-order chi connectivity index (χ1) is 10.0. The maximum Gasteiger partial charge on any atom is 0.335 e. The molecule has 1 aromatic carbocycles. The van der Waals surface area contributed by atoms with Crippen LogP contribution in [-0.2, 0) is 0 Å². The summed E-state index contributed by atoms with van der Waals surface area (Å²) in [6.45, 7) is 2.72. The number of hydrogen-bond acceptors (Lipinski definition) is 3. The number of nitrogens with one attached hydrogen (secondary N) is 2. The van der Waals surface area contributed by atoms with Crippen molar-refractivity contribution in [3.8, 4) is 5.75 Å². The van der Waals surface area contributed by atoms with Gasteiger partial charge >= 0.3 is 12.0 Å². The summed E-state index contributed by atoms with van der Waals surface area (Å²) >= 11 is 0. The minimum absolute atomic E-state index is 0.0949. The molecule has 1 fully saturated rings. The highest BCUT2D eigenvalue weighted by Crippen LogP contribution is 2.36. The number of carbonyl (C=O) groups is 2. The van der Waals surface area contributed by atoms with Crippen molar-refractivity contribution in [2.75, 3.05) is 19.0 Å². The predicted molar refractivity (Wildman–Crippen MR) is 78.9 cm³/mol. The van der Waals surface area contributed by atoms with Gasteiger partial charge in [0.25, 0.3) is 0 Å². The van der Waals surface area contributed by atoms with E-state index in [2.05, 4.69) is 17.6 Å². The zero-order chi connectivity index (χ0) is 15.4. The number of amides is 2. The van der Waals surface area contributed by atoms with Gasteiger partial charge in [-0.2, -0.15) is 0 Å². The average Bonchev–Trinajstić information content (AvgIpc) is 3.29. The fraction of sp³-hybridized carbons (Fsp3) is 0.467. The van der Waals surface area contributed by atoms with Crippen LogP contribution in [0.2, 0.25) is 0 Å². The molecule has 3 N–H and O–H groups in total. The molecule has 0 aromatic heterocycles. The molecule has 0 heterocycles. The van der Waals surface area contributed by atoms with E-state index < -0.39 is 5.97 Å². The van der Waals surface area contributed by atoms with Crippen molar-refractivity contribution >= 4 is 17.7 Å². The van der Waals surface area contributed by atoms with Crippen LogP contribution in [-0.4, -0.2) is 30.8 Å². The highest BCUT2D eigenvalue weighted by molar-refractivity contribution is 5.94. The molecule has 2 rings (SSSR count). The minimum Gasteiger partial charge on any atom is -0.495 e. The Bertz CT molecular complexity index is 540. The first kappa shape index (κ1) is 15.2. The smallest absolute Gasteiger partial charge is 0.335 e. The van der Waals surface area contributed by atoms with E-state index in [0.717, 1.165) is 5.92 Å². The lowest BCUT2D eigenvalue weighted by atomic mass is 10.1. The van der Waals surface area contributed by atoms with Gasteiger partial charge in [-0.05, 0) is 42.9 Å². The van der Waals surface area contributed by atoms with Gasteiger partial charge in [0.05, 0.1) is 18.4 Å². The monoisotopic (exact) mass is 292 g/mol. The van der Waals surface area contributed by atoms with E-state index >= 15 is 0 Å². The van der Waals surface area contributed by atoms with Crippen LogP contribution in [0.25, 0.3) is 0 Å². The predicted octanol–water partition coefficient (Wildman–Crippen LogP) is 2.56. The third kappa shape index (κ3) is 4.11. The Kier molecular flexibility index (Phi) is 4.67.